The van der Waals surface area contributed by atoms with E-state index in [1.165, 1.54) is 18.4 Å². The number of hydrogen-bond donors (Lipinski definition) is 2. The molecule has 0 aliphatic carbocycles. The highest BCUT2D eigenvalue weighted by molar-refractivity contribution is 5.97. The molecule has 1 heterocycles. The Labute approximate surface area is 121 Å². The Bertz CT molecular complexity index is 617. The van der Waals surface area contributed by atoms with Crippen LogP contribution in [-0.2, 0) is 4.79 Å². The minimum atomic E-state index is -0.887. The Morgan fingerprint density at radius 2 is 2.10 bits per heavy atom. The quantitative estimate of drug-likeness (QED) is 0.832. The molecule has 2 N–H and O–H groups in total. The first kappa shape index (κ1) is 15.0. The van der Waals surface area contributed by atoms with Gasteiger partial charge in [0.2, 0.25) is 5.91 Å². The number of benzene rings is 1. The highest BCUT2D eigenvalue weighted by Crippen LogP contribution is 2.12. The average molecular weight is 289 g/mol. The molecule has 0 spiro atoms. The summed E-state index contributed by atoms with van der Waals surface area (Å²) >= 11 is 0. The lowest BCUT2D eigenvalue weighted by Crippen LogP contribution is -2.28. The molecule has 0 saturated carbocycles. The van der Waals surface area contributed by atoms with Crippen LogP contribution in [0.2, 0.25) is 0 Å². The summed E-state index contributed by atoms with van der Waals surface area (Å²) in [6.45, 7) is 1.71. The van der Waals surface area contributed by atoms with Crippen molar-refractivity contribution in [2.75, 3.05) is 6.54 Å². The van der Waals surface area contributed by atoms with Crippen molar-refractivity contribution in [2.45, 2.75) is 13.0 Å². The molecule has 1 amide bonds. The van der Waals surface area contributed by atoms with E-state index in [9.17, 15) is 14.3 Å². The first-order valence-electron chi connectivity index (χ1n) is 6.50. The van der Waals surface area contributed by atoms with Gasteiger partial charge in [0.15, 0.2) is 0 Å². The molecule has 1 aromatic heterocycles. The Kier molecular flexibility index (Phi) is 4.90. The summed E-state index contributed by atoms with van der Waals surface area (Å²) in [5.41, 5.74) is 1.20. The smallest absolute Gasteiger partial charge is 0.247 e. The fourth-order valence-corrected chi connectivity index (χ4v) is 1.78. The maximum Gasteiger partial charge on any atom is 0.247 e. The highest BCUT2D eigenvalue weighted by Gasteiger charge is 2.12. The molecule has 1 atom stereocenters. The average Bonchev–Trinajstić information content (AvgIpc) is 3.01. The number of amides is 1. The van der Waals surface area contributed by atoms with Crippen LogP contribution in [0.5, 0.6) is 0 Å². The molecule has 0 radical (unpaired) electrons. The molecule has 0 aliphatic heterocycles. The molecule has 1 unspecified atom stereocenters. The van der Waals surface area contributed by atoms with Crippen LogP contribution in [0.25, 0.3) is 6.08 Å². The summed E-state index contributed by atoms with van der Waals surface area (Å²) in [7, 11) is 0. The largest absolute Gasteiger partial charge is 0.467 e. The Hall–Kier alpha value is -2.40. The number of aliphatic hydroxyl groups excluding tert-OH is 1. The van der Waals surface area contributed by atoms with E-state index in [-0.39, 0.29) is 18.3 Å². The van der Waals surface area contributed by atoms with Crippen LogP contribution in [0.4, 0.5) is 4.39 Å². The topological polar surface area (TPSA) is 62.5 Å². The Morgan fingerprint density at radius 3 is 2.71 bits per heavy atom. The van der Waals surface area contributed by atoms with E-state index >= 15 is 0 Å². The fourth-order valence-electron chi connectivity index (χ4n) is 1.78. The van der Waals surface area contributed by atoms with Gasteiger partial charge in [0, 0.05) is 5.57 Å². The maximum atomic E-state index is 12.8. The zero-order valence-electron chi connectivity index (χ0n) is 11.5. The van der Waals surface area contributed by atoms with Gasteiger partial charge in [-0.1, -0.05) is 12.1 Å². The van der Waals surface area contributed by atoms with Crippen LogP contribution in [-0.4, -0.2) is 17.6 Å². The third-order valence-electron chi connectivity index (χ3n) is 2.94. The first-order chi connectivity index (χ1) is 10.1. The predicted molar refractivity (Wildman–Crippen MR) is 76.7 cm³/mol. The van der Waals surface area contributed by atoms with E-state index in [1.54, 1.807) is 37.3 Å². The van der Waals surface area contributed by atoms with Gasteiger partial charge in [-0.2, -0.15) is 0 Å². The first-order valence-corrected chi connectivity index (χ1v) is 6.50. The minimum Gasteiger partial charge on any atom is -0.467 e. The second-order valence-electron chi connectivity index (χ2n) is 4.62. The van der Waals surface area contributed by atoms with Crippen LogP contribution in [0.3, 0.4) is 0 Å². The summed E-state index contributed by atoms with van der Waals surface area (Å²) in [4.78, 5) is 11.9. The van der Waals surface area contributed by atoms with Gasteiger partial charge >= 0.3 is 0 Å². The van der Waals surface area contributed by atoms with Crippen molar-refractivity contribution in [2.24, 2.45) is 0 Å². The van der Waals surface area contributed by atoms with Crippen molar-refractivity contribution in [3.8, 4) is 0 Å². The third kappa shape index (κ3) is 4.29. The Morgan fingerprint density at radius 1 is 1.38 bits per heavy atom. The lowest BCUT2D eigenvalue weighted by molar-refractivity contribution is -0.117. The zero-order chi connectivity index (χ0) is 15.2. The van der Waals surface area contributed by atoms with Gasteiger partial charge in [-0.25, -0.2) is 4.39 Å². The fraction of sp³-hybridized carbons (Fsp3) is 0.188. The summed E-state index contributed by atoms with van der Waals surface area (Å²) < 4.78 is 17.8. The summed E-state index contributed by atoms with van der Waals surface area (Å²) in [6, 6.07) is 9.14. The van der Waals surface area contributed by atoms with Gasteiger partial charge < -0.3 is 14.8 Å². The van der Waals surface area contributed by atoms with E-state index in [4.69, 9.17) is 4.42 Å². The lowest BCUT2D eigenvalue weighted by Gasteiger charge is -2.09. The maximum absolute atomic E-state index is 12.8. The molecule has 0 aliphatic rings. The number of rotatable bonds is 5. The van der Waals surface area contributed by atoms with Crippen LogP contribution in [0.1, 0.15) is 24.4 Å². The summed E-state index contributed by atoms with van der Waals surface area (Å²) in [6.07, 6.45) is 2.22. The van der Waals surface area contributed by atoms with Crippen molar-refractivity contribution in [1.82, 2.24) is 5.32 Å². The molecule has 21 heavy (non-hydrogen) atoms. The summed E-state index contributed by atoms with van der Waals surface area (Å²) in [5, 5.41) is 12.4. The Balaban J connectivity index is 1.92. The number of halogens is 1. The summed E-state index contributed by atoms with van der Waals surface area (Å²) in [5.74, 6) is -0.226. The molecule has 0 fully saturated rings. The van der Waals surface area contributed by atoms with Crippen LogP contribution in [0, 0.1) is 5.82 Å². The van der Waals surface area contributed by atoms with E-state index < -0.39 is 6.10 Å². The minimum absolute atomic E-state index is 0.0565. The van der Waals surface area contributed by atoms with Crippen molar-refractivity contribution in [1.29, 1.82) is 0 Å². The molecule has 1 aromatic carbocycles. The van der Waals surface area contributed by atoms with Gasteiger partial charge in [0.05, 0.1) is 12.8 Å². The number of aliphatic hydroxyl groups is 1. The molecule has 5 heteroatoms. The monoisotopic (exact) mass is 289 g/mol. The van der Waals surface area contributed by atoms with E-state index in [1.807, 2.05) is 0 Å². The molecule has 0 bridgehead atoms. The number of furan rings is 1. The third-order valence-corrected chi connectivity index (χ3v) is 2.94. The number of hydrogen-bond acceptors (Lipinski definition) is 3. The van der Waals surface area contributed by atoms with Crippen LogP contribution in [0.15, 0.2) is 52.7 Å². The molecule has 0 saturated heterocycles. The van der Waals surface area contributed by atoms with Gasteiger partial charge in [-0.15, -0.1) is 0 Å². The van der Waals surface area contributed by atoms with Crippen molar-refractivity contribution >= 4 is 12.0 Å². The van der Waals surface area contributed by atoms with E-state index in [0.29, 0.717) is 11.3 Å². The number of carbonyl (C=O) groups is 1. The molecule has 2 aromatic rings. The van der Waals surface area contributed by atoms with Crippen molar-refractivity contribution < 1.29 is 18.7 Å². The van der Waals surface area contributed by atoms with Crippen molar-refractivity contribution in [3.05, 3.63) is 65.4 Å². The molecular weight excluding hydrogens is 273 g/mol. The highest BCUT2D eigenvalue weighted by atomic mass is 19.1. The second kappa shape index (κ2) is 6.85. The number of nitrogens with one attached hydrogen (secondary N) is 1. The molecule has 2 rings (SSSR count). The molecular formula is C16H16FNO3. The van der Waals surface area contributed by atoms with Crippen molar-refractivity contribution in [3.63, 3.8) is 0 Å². The van der Waals surface area contributed by atoms with E-state index in [2.05, 4.69) is 5.32 Å². The zero-order valence-corrected chi connectivity index (χ0v) is 11.5. The number of carbonyl (C=O) groups excluding carboxylic acids is 1. The van der Waals surface area contributed by atoms with Gasteiger partial charge in [-0.05, 0) is 42.8 Å². The standard InChI is InChI=1S/C16H16FNO3/c1-11(9-12-4-6-13(17)7-5-12)16(20)18-10-14(19)15-3-2-8-21-15/h2-9,14,19H,10H2,1H3,(H,18,20)/b11-9-. The van der Waals surface area contributed by atoms with Crippen LogP contribution >= 0.6 is 0 Å². The molecule has 4 nitrogen and oxygen atoms in total. The normalized spacial score (nSPS) is 13.0. The predicted octanol–water partition coefficient (Wildman–Crippen LogP) is 2.67. The van der Waals surface area contributed by atoms with Gasteiger partial charge in [0.1, 0.15) is 17.7 Å². The molecule has 110 valence electrons. The lowest BCUT2D eigenvalue weighted by atomic mass is 10.1. The second-order valence-corrected chi connectivity index (χ2v) is 4.62. The van der Waals surface area contributed by atoms with E-state index in [0.717, 1.165) is 5.56 Å². The SMILES string of the molecule is C/C(=C/c1ccc(F)cc1)C(=O)NCC(O)c1ccco1. The van der Waals surface area contributed by atoms with Gasteiger partial charge in [0.25, 0.3) is 0 Å². The van der Waals surface area contributed by atoms with Crippen LogP contribution < -0.4 is 5.32 Å². The van der Waals surface area contributed by atoms with Gasteiger partial charge in [-0.3, -0.25) is 4.79 Å².